The zero-order chi connectivity index (χ0) is 11.2. The Hall–Kier alpha value is -0.660. The van der Waals surface area contributed by atoms with Crippen LogP contribution in [0.3, 0.4) is 0 Å². The molecule has 1 unspecified atom stereocenters. The van der Waals surface area contributed by atoms with Crippen LogP contribution in [0.2, 0.25) is 0 Å². The molecule has 0 heterocycles. The van der Waals surface area contributed by atoms with Gasteiger partial charge in [-0.05, 0) is 13.3 Å². The number of rotatable bonds is 7. The minimum absolute atomic E-state index is 0.0722. The summed E-state index contributed by atoms with van der Waals surface area (Å²) < 4.78 is 24.5. The topological polar surface area (TPSA) is 104 Å². The average Bonchev–Trinajstić information content (AvgIpc) is 2.02. The first-order chi connectivity index (χ1) is 6.37. The Bertz CT molecular complexity index is 274. The third-order valence-electron chi connectivity index (χ3n) is 1.46. The molecule has 0 aliphatic rings. The predicted molar refractivity (Wildman–Crippen MR) is 50.3 cm³/mol. The fourth-order valence-corrected chi connectivity index (χ4v) is 2.15. The minimum atomic E-state index is -3.46. The number of carboxylic acids is 1. The quantitative estimate of drug-likeness (QED) is 0.523. The van der Waals surface area contributed by atoms with E-state index in [-0.39, 0.29) is 25.2 Å². The van der Waals surface area contributed by atoms with E-state index in [0.29, 0.717) is 0 Å². The Balaban J connectivity index is 3.90. The molecule has 0 amide bonds. The third kappa shape index (κ3) is 6.81. The van der Waals surface area contributed by atoms with Crippen LogP contribution in [-0.2, 0) is 14.8 Å². The molecule has 0 rings (SSSR count). The highest BCUT2D eigenvalue weighted by Gasteiger charge is 2.13. The molecular formula is C7H15NO5S. The fraction of sp³-hybridized carbons (Fsp3) is 0.857. The summed E-state index contributed by atoms with van der Waals surface area (Å²) in [5.41, 5.74) is 0. The van der Waals surface area contributed by atoms with Gasteiger partial charge in [0.2, 0.25) is 10.0 Å². The van der Waals surface area contributed by atoms with Gasteiger partial charge in [-0.25, -0.2) is 13.1 Å². The highest BCUT2D eigenvalue weighted by molar-refractivity contribution is 7.89. The van der Waals surface area contributed by atoms with Crippen molar-refractivity contribution in [1.82, 2.24) is 4.72 Å². The number of hydrogen-bond donors (Lipinski definition) is 3. The summed E-state index contributed by atoms with van der Waals surface area (Å²) in [6, 6.07) is -0.537. The van der Waals surface area contributed by atoms with Crippen LogP contribution in [0.25, 0.3) is 0 Å². The van der Waals surface area contributed by atoms with Crippen molar-refractivity contribution in [3.63, 3.8) is 0 Å². The number of sulfonamides is 1. The standard InChI is InChI=1S/C7H15NO5S/c1-6(5-9)8-14(12,13)4-2-3-7(10)11/h6,8-9H,2-5H2,1H3,(H,10,11). The second-order valence-electron chi connectivity index (χ2n) is 3.02. The molecule has 14 heavy (non-hydrogen) atoms. The average molecular weight is 225 g/mol. The SMILES string of the molecule is CC(CO)NS(=O)(=O)CCCC(=O)O. The Kier molecular flexibility index (Phi) is 5.66. The van der Waals surface area contributed by atoms with E-state index in [0.717, 1.165) is 0 Å². The van der Waals surface area contributed by atoms with Crippen LogP contribution < -0.4 is 4.72 Å². The van der Waals surface area contributed by atoms with Crippen LogP contribution in [0.1, 0.15) is 19.8 Å². The summed E-state index contributed by atoms with van der Waals surface area (Å²) in [5.74, 6) is -1.25. The third-order valence-corrected chi connectivity index (χ3v) is 3.05. The number of nitrogens with one attached hydrogen (secondary N) is 1. The van der Waals surface area contributed by atoms with Crippen molar-refractivity contribution in [2.75, 3.05) is 12.4 Å². The monoisotopic (exact) mass is 225 g/mol. The summed E-state index contributed by atoms with van der Waals surface area (Å²) >= 11 is 0. The molecule has 0 saturated heterocycles. The van der Waals surface area contributed by atoms with Gasteiger partial charge < -0.3 is 10.2 Å². The first-order valence-corrected chi connectivity index (χ1v) is 5.85. The maximum absolute atomic E-state index is 11.2. The van der Waals surface area contributed by atoms with Gasteiger partial charge in [0, 0.05) is 12.5 Å². The largest absolute Gasteiger partial charge is 0.481 e. The lowest BCUT2D eigenvalue weighted by atomic mass is 10.3. The number of hydrogen-bond acceptors (Lipinski definition) is 4. The zero-order valence-corrected chi connectivity index (χ0v) is 8.75. The number of aliphatic carboxylic acids is 1. The molecule has 84 valence electrons. The Morgan fingerprint density at radius 2 is 2.07 bits per heavy atom. The molecule has 1 atom stereocenters. The molecule has 0 saturated carbocycles. The van der Waals surface area contributed by atoms with Crippen molar-refractivity contribution >= 4 is 16.0 Å². The summed E-state index contributed by atoms with van der Waals surface area (Å²) in [4.78, 5) is 10.1. The van der Waals surface area contributed by atoms with Crippen molar-refractivity contribution in [2.45, 2.75) is 25.8 Å². The molecule has 6 nitrogen and oxygen atoms in total. The minimum Gasteiger partial charge on any atom is -0.481 e. The molecule has 0 bridgehead atoms. The van der Waals surface area contributed by atoms with E-state index >= 15 is 0 Å². The van der Waals surface area contributed by atoms with Gasteiger partial charge in [-0.3, -0.25) is 4.79 Å². The summed E-state index contributed by atoms with van der Waals surface area (Å²) in [6.45, 7) is 1.24. The van der Waals surface area contributed by atoms with E-state index in [4.69, 9.17) is 10.2 Å². The lowest BCUT2D eigenvalue weighted by molar-refractivity contribution is -0.137. The molecule has 0 aliphatic heterocycles. The zero-order valence-electron chi connectivity index (χ0n) is 7.93. The van der Waals surface area contributed by atoms with Gasteiger partial charge in [-0.15, -0.1) is 0 Å². The van der Waals surface area contributed by atoms with Gasteiger partial charge in [-0.2, -0.15) is 0 Å². The molecule has 0 aromatic rings. The molecular weight excluding hydrogens is 210 g/mol. The van der Waals surface area contributed by atoms with Gasteiger partial charge in [0.1, 0.15) is 0 Å². The van der Waals surface area contributed by atoms with Crippen LogP contribution in [0.15, 0.2) is 0 Å². The Morgan fingerprint density at radius 3 is 2.50 bits per heavy atom. The fourth-order valence-electron chi connectivity index (χ4n) is 0.816. The number of aliphatic hydroxyl groups is 1. The highest BCUT2D eigenvalue weighted by Crippen LogP contribution is 1.96. The maximum atomic E-state index is 11.2. The summed E-state index contributed by atoms with van der Waals surface area (Å²) in [6.07, 6.45) is -0.1000. The molecule has 0 aromatic heterocycles. The van der Waals surface area contributed by atoms with E-state index in [9.17, 15) is 13.2 Å². The summed E-state index contributed by atoms with van der Waals surface area (Å²) in [5, 5.41) is 16.9. The van der Waals surface area contributed by atoms with Crippen LogP contribution >= 0.6 is 0 Å². The van der Waals surface area contributed by atoms with Crippen molar-refractivity contribution in [3.8, 4) is 0 Å². The summed E-state index contributed by atoms with van der Waals surface area (Å²) in [7, 11) is -3.46. The normalized spacial score (nSPS) is 13.9. The maximum Gasteiger partial charge on any atom is 0.303 e. The van der Waals surface area contributed by atoms with Crippen molar-refractivity contribution in [1.29, 1.82) is 0 Å². The van der Waals surface area contributed by atoms with E-state index < -0.39 is 22.0 Å². The Labute approximate surface area is 83.0 Å². The molecule has 7 heteroatoms. The molecule has 0 radical (unpaired) electrons. The number of aliphatic hydroxyl groups excluding tert-OH is 1. The molecule has 3 N–H and O–H groups in total. The van der Waals surface area contributed by atoms with Gasteiger partial charge >= 0.3 is 5.97 Å². The molecule has 0 aromatic carbocycles. The van der Waals surface area contributed by atoms with Gasteiger partial charge in [0.05, 0.1) is 12.4 Å². The van der Waals surface area contributed by atoms with Crippen LogP contribution in [0, 0.1) is 0 Å². The van der Waals surface area contributed by atoms with Gasteiger partial charge in [-0.1, -0.05) is 0 Å². The first-order valence-electron chi connectivity index (χ1n) is 4.20. The Morgan fingerprint density at radius 1 is 1.50 bits per heavy atom. The van der Waals surface area contributed by atoms with Crippen LogP contribution in [0.4, 0.5) is 0 Å². The van der Waals surface area contributed by atoms with E-state index in [1.54, 1.807) is 0 Å². The molecule has 0 fully saturated rings. The first kappa shape index (κ1) is 13.3. The molecule has 0 spiro atoms. The van der Waals surface area contributed by atoms with E-state index in [1.165, 1.54) is 6.92 Å². The van der Waals surface area contributed by atoms with Crippen molar-refractivity contribution < 1.29 is 23.4 Å². The van der Waals surface area contributed by atoms with E-state index in [2.05, 4.69) is 4.72 Å². The van der Waals surface area contributed by atoms with Gasteiger partial charge in [0.15, 0.2) is 0 Å². The smallest absolute Gasteiger partial charge is 0.303 e. The lowest BCUT2D eigenvalue weighted by Crippen LogP contribution is -2.36. The number of carboxylic acid groups (broad SMARTS) is 1. The van der Waals surface area contributed by atoms with Gasteiger partial charge in [0.25, 0.3) is 0 Å². The van der Waals surface area contributed by atoms with Crippen molar-refractivity contribution in [2.24, 2.45) is 0 Å². The van der Waals surface area contributed by atoms with Crippen LogP contribution in [-0.4, -0.2) is 43.0 Å². The molecule has 0 aliphatic carbocycles. The second kappa shape index (κ2) is 5.94. The van der Waals surface area contributed by atoms with Crippen molar-refractivity contribution in [3.05, 3.63) is 0 Å². The number of carbonyl (C=O) groups is 1. The second-order valence-corrected chi connectivity index (χ2v) is 4.89. The van der Waals surface area contributed by atoms with Crippen LogP contribution in [0.5, 0.6) is 0 Å². The highest BCUT2D eigenvalue weighted by atomic mass is 32.2. The lowest BCUT2D eigenvalue weighted by Gasteiger charge is -2.10. The van der Waals surface area contributed by atoms with E-state index in [1.807, 2.05) is 0 Å². The predicted octanol–water partition coefficient (Wildman–Crippen LogP) is -0.849.